The van der Waals surface area contributed by atoms with E-state index in [1.807, 2.05) is 41.5 Å². The third kappa shape index (κ3) is 35.3. The molecule has 0 aliphatic carbocycles. The maximum absolute atomic E-state index is 7.13. The van der Waals surface area contributed by atoms with E-state index in [4.69, 9.17) is 16.2 Å². The smallest absolute Gasteiger partial charge is 0.753 e. The fraction of sp³-hybridized carbons (Fsp3) is 0.286. The van der Waals surface area contributed by atoms with Crippen LogP contribution in [0.15, 0.2) is 37.2 Å². The Labute approximate surface area is 243 Å². The summed E-state index contributed by atoms with van der Waals surface area (Å²) >= 11 is 11.1. The fourth-order valence-electron chi connectivity index (χ4n) is 1.43. The summed E-state index contributed by atoms with van der Waals surface area (Å²) in [6.45, 7) is 11.7. The fourth-order valence-corrected chi connectivity index (χ4v) is 1.43. The summed E-state index contributed by atoms with van der Waals surface area (Å²) in [5.41, 5.74) is 6.04. The van der Waals surface area contributed by atoms with Gasteiger partial charge in [0.15, 0.2) is 0 Å². The number of isothiocyanates is 3. The van der Waals surface area contributed by atoms with E-state index in [0.717, 1.165) is 34.2 Å². The van der Waals surface area contributed by atoms with Crippen LogP contribution in [0.2, 0.25) is 0 Å². The summed E-state index contributed by atoms with van der Waals surface area (Å²) < 4.78 is 0. The van der Waals surface area contributed by atoms with Gasteiger partial charge in [-0.15, -0.1) is 0 Å². The van der Waals surface area contributed by atoms with Crippen LogP contribution in [0.1, 0.15) is 34.2 Å². The molecule has 0 saturated carbocycles. The Balaban J connectivity index is -0.0000000602. The molecule has 0 atom stereocenters. The Kier molecular flexibility index (Phi) is 51.6. The van der Waals surface area contributed by atoms with Crippen LogP contribution in [0.25, 0.3) is 16.2 Å². The van der Waals surface area contributed by atoms with Gasteiger partial charge in [-0.3, -0.25) is 29.9 Å². The predicted octanol–water partition coefficient (Wildman–Crippen LogP) is 2.49. The Bertz CT molecular complexity index is 851. The largest absolute Gasteiger partial charge is 3.00 e. The minimum Gasteiger partial charge on any atom is -0.753 e. The second kappa shape index (κ2) is 37.6. The van der Waals surface area contributed by atoms with E-state index < -0.39 is 0 Å². The maximum Gasteiger partial charge on any atom is 3.00 e. The molecule has 1 radical (unpaired) electrons. The molecule has 0 unspecified atom stereocenters. The normalized spacial score (nSPS) is 6.65. The van der Waals surface area contributed by atoms with Crippen LogP contribution in [0, 0.1) is 41.5 Å². The van der Waals surface area contributed by atoms with E-state index in [2.05, 4.69) is 66.6 Å². The number of aryl methyl sites for hydroxylation is 6. The van der Waals surface area contributed by atoms with Gasteiger partial charge < -0.3 is 32.7 Å². The van der Waals surface area contributed by atoms with Crippen LogP contribution in [0.4, 0.5) is 0 Å². The first-order chi connectivity index (χ1) is 15.7. The van der Waals surface area contributed by atoms with Crippen LogP contribution >= 0.6 is 36.7 Å². The van der Waals surface area contributed by atoms with E-state index in [-0.39, 0.29) is 33.5 Å². The van der Waals surface area contributed by atoms with Crippen molar-refractivity contribution in [3.05, 3.63) is 87.6 Å². The monoisotopic (exact) mass is 611 g/mol. The molecule has 0 saturated heterocycles. The van der Waals surface area contributed by atoms with Crippen molar-refractivity contribution < 1.29 is 33.5 Å². The molecule has 3 aromatic rings. The number of hydrogen-bond acceptors (Lipinski definition) is 9. The van der Waals surface area contributed by atoms with Crippen molar-refractivity contribution in [1.82, 2.24) is 29.9 Å². The van der Waals surface area contributed by atoms with Crippen molar-refractivity contribution in [3.63, 3.8) is 0 Å². The van der Waals surface area contributed by atoms with Gasteiger partial charge in [-0.1, -0.05) is 36.7 Å². The summed E-state index contributed by atoms with van der Waals surface area (Å²) in [6.07, 6.45) is 10.2. The molecule has 0 spiro atoms. The molecular weight excluding hydrogens is 578 g/mol. The molecule has 3 rings (SSSR count). The minimum absolute atomic E-state index is 0. The summed E-state index contributed by atoms with van der Waals surface area (Å²) in [5.74, 6) is 0. The molecule has 0 amide bonds. The van der Waals surface area contributed by atoms with Gasteiger partial charge in [0.2, 0.25) is 0 Å². The first-order valence-corrected chi connectivity index (χ1v) is 10.1. The molecule has 203 valence electrons. The maximum atomic E-state index is 7.13. The molecule has 12 nitrogen and oxygen atoms in total. The van der Waals surface area contributed by atoms with Crippen molar-refractivity contribution in [3.8, 4) is 0 Å². The second-order valence-corrected chi connectivity index (χ2v) is 6.00. The molecule has 9 N–H and O–H groups in total. The predicted molar refractivity (Wildman–Crippen MR) is 157 cm³/mol. The van der Waals surface area contributed by atoms with E-state index in [1.54, 1.807) is 37.2 Å². The molecule has 0 aliphatic rings. The van der Waals surface area contributed by atoms with Gasteiger partial charge in [-0.25, -0.2) is 0 Å². The average Bonchev–Trinajstić information content (AvgIpc) is 2.77. The van der Waals surface area contributed by atoms with Crippen molar-refractivity contribution in [2.24, 2.45) is 0 Å². The van der Waals surface area contributed by atoms with Gasteiger partial charge >= 0.3 is 17.1 Å². The molecule has 16 heteroatoms. The Morgan fingerprint density at radius 2 is 0.514 bits per heavy atom. The molecule has 3 heterocycles. The van der Waals surface area contributed by atoms with Crippen molar-refractivity contribution in [2.75, 3.05) is 0 Å². The van der Waals surface area contributed by atoms with E-state index >= 15 is 0 Å². The zero-order valence-electron chi connectivity index (χ0n) is 21.3. The van der Waals surface area contributed by atoms with Gasteiger partial charge in [0.1, 0.15) is 0 Å². The van der Waals surface area contributed by atoms with Crippen LogP contribution in [0.5, 0.6) is 0 Å². The molecule has 0 fully saturated rings. The number of hydrogen-bond donors (Lipinski definition) is 0. The number of thiocarbonyl (C=S) groups is 3. The Morgan fingerprint density at radius 1 is 0.432 bits per heavy atom. The number of aromatic nitrogens is 6. The summed E-state index contributed by atoms with van der Waals surface area (Å²) in [4.78, 5) is 24.1. The third-order valence-electron chi connectivity index (χ3n) is 3.38. The molecular formula is C21H33FeN9O3S3+3. The van der Waals surface area contributed by atoms with Crippen LogP contribution in [0.3, 0.4) is 0 Å². The van der Waals surface area contributed by atoms with Crippen molar-refractivity contribution >= 4 is 52.1 Å². The first kappa shape index (κ1) is 50.8. The number of rotatable bonds is 0. The topological polar surface area (TPSA) is 243 Å². The van der Waals surface area contributed by atoms with Crippen molar-refractivity contribution in [1.29, 1.82) is 0 Å². The summed E-state index contributed by atoms with van der Waals surface area (Å²) in [6, 6.07) is 0. The van der Waals surface area contributed by atoms with Gasteiger partial charge in [-0.2, -0.15) is 15.5 Å². The van der Waals surface area contributed by atoms with E-state index in [9.17, 15) is 0 Å². The average molecular weight is 612 g/mol. The first-order valence-electron chi connectivity index (χ1n) is 8.92. The molecule has 3 aromatic heterocycles. The molecule has 0 aromatic carbocycles. The van der Waals surface area contributed by atoms with Gasteiger partial charge in [0, 0.05) is 37.2 Å². The SMILES string of the molecule is Cc1nccnc1C.Cc1nccnc1C.Cc1nccnc1C.[Fe+3].[N-]=C=S.[N-]=C=S.[N-]=C=S.[OH3+].[OH3+].[OH3+]. The van der Waals surface area contributed by atoms with Gasteiger partial charge in [-0.05, 0) is 41.5 Å². The molecule has 0 aliphatic heterocycles. The van der Waals surface area contributed by atoms with Crippen LogP contribution < -0.4 is 0 Å². The third-order valence-corrected chi connectivity index (χ3v) is 3.38. The summed E-state index contributed by atoms with van der Waals surface area (Å²) in [7, 11) is 0. The minimum atomic E-state index is 0. The van der Waals surface area contributed by atoms with Gasteiger partial charge in [0.25, 0.3) is 0 Å². The zero-order valence-corrected chi connectivity index (χ0v) is 24.9. The molecule has 37 heavy (non-hydrogen) atoms. The van der Waals surface area contributed by atoms with Crippen LogP contribution in [-0.4, -0.2) is 45.4 Å². The van der Waals surface area contributed by atoms with Crippen molar-refractivity contribution in [2.45, 2.75) is 41.5 Å². The number of nitrogens with zero attached hydrogens (tertiary/aromatic N) is 9. The van der Waals surface area contributed by atoms with E-state index in [0.29, 0.717) is 0 Å². The summed E-state index contributed by atoms with van der Waals surface area (Å²) in [5, 5.41) is 25.4. The van der Waals surface area contributed by atoms with Crippen LogP contribution in [-0.2, 0) is 33.5 Å². The van der Waals surface area contributed by atoms with E-state index in [1.165, 1.54) is 15.5 Å². The molecule has 0 bridgehead atoms. The zero-order chi connectivity index (χ0) is 26.1. The Morgan fingerprint density at radius 3 is 0.568 bits per heavy atom. The standard InChI is InChI=1S/3C6H8N2.3CNS.Fe.3H2O/c3*1-5-6(2)8-4-3-7-5;3*2-1-3;;;;/h3*3-4H,1-2H3;;;;;3*1H2/q;;;3*-1;+3;;;/p+3. The second-order valence-electron chi connectivity index (χ2n) is 5.46. The quantitative estimate of drug-likeness (QED) is 0.157. The van der Waals surface area contributed by atoms with Gasteiger partial charge in [0.05, 0.1) is 34.2 Å². The Hall–Kier alpha value is -2.96.